The fourth-order valence-electron chi connectivity index (χ4n) is 2.22. The molecule has 0 spiro atoms. The van der Waals surface area contributed by atoms with Crippen molar-refractivity contribution >= 4 is 23.4 Å². The Morgan fingerprint density at radius 3 is 2.21 bits per heavy atom. The zero-order valence-electron chi connectivity index (χ0n) is 14.3. The van der Waals surface area contributed by atoms with E-state index < -0.39 is 11.4 Å². The van der Waals surface area contributed by atoms with Crippen LogP contribution in [0.3, 0.4) is 0 Å². The minimum atomic E-state index is -0.598. The number of carbonyl (C=O) groups is 2. The minimum Gasteiger partial charge on any atom is -0.267 e. The number of halogens is 1. The third-order valence-corrected chi connectivity index (χ3v) is 4.05. The second kappa shape index (κ2) is 7.05. The smallest absolute Gasteiger partial charge is 0.267 e. The maximum Gasteiger partial charge on any atom is 0.272 e. The first kappa shape index (κ1) is 18.0. The predicted molar refractivity (Wildman–Crippen MR) is 96.0 cm³/mol. The van der Waals surface area contributed by atoms with Crippen molar-refractivity contribution in [2.45, 2.75) is 33.2 Å². The summed E-state index contributed by atoms with van der Waals surface area (Å²) < 4.78 is 0. The van der Waals surface area contributed by atoms with Crippen LogP contribution in [0.15, 0.2) is 48.5 Å². The molecule has 2 aromatic carbocycles. The molecule has 2 amide bonds. The quantitative estimate of drug-likeness (QED) is 0.828. The molecule has 126 valence electrons. The monoisotopic (exact) mass is 344 g/mol. The van der Waals surface area contributed by atoms with Crippen molar-refractivity contribution in [3.63, 3.8) is 0 Å². The van der Waals surface area contributed by atoms with E-state index in [1.807, 2.05) is 39.8 Å². The Morgan fingerprint density at radius 1 is 1.00 bits per heavy atom. The second-order valence-corrected chi connectivity index (χ2v) is 6.93. The van der Waals surface area contributed by atoms with Gasteiger partial charge in [0.2, 0.25) is 0 Å². The van der Waals surface area contributed by atoms with E-state index in [9.17, 15) is 9.59 Å². The molecule has 0 aromatic heterocycles. The van der Waals surface area contributed by atoms with Crippen LogP contribution in [0.2, 0.25) is 5.02 Å². The van der Waals surface area contributed by atoms with Crippen molar-refractivity contribution in [3.05, 3.63) is 70.2 Å². The van der Waals surface area contributed by atoms with Gasteiger partial charge in [0.25, 0.3) is 11.8 Å². The molecule has 2 rings (SSSR count). The molecule has 0 saturated carbocycles. The van der Waals surface area contributed by atoms with Crippen molar-refractivity contribution < 1.29 is 9.59 Å². The van der Waals surface area contributed by atoms with E-state index in [4.69, 9.17) is 11.6 Å². The van der Waals surface area contributed by atoms with Crippen molar-refractivity contribution in [3.8, 4) is 0 Å². The number of hydrogen-bond acceptors (Lipinski definition) is 2. The van der Waals surface area contributed by atoms with Crippen LogP contribution in [0.5, 0.6) is 0 Å². The van der Waals surface area contributed by atoms with Crippen LogP contribution in [0.4, 0.5) is 0 Å². The van der Waals surface area contributed by atoms with Gasteiger partial charge in [-0.15, -0.1) is 0 Å². The summed E-state index contributed by atoms with van der Waals surface area (Å²) in [6, 6.07) is 14.1. The maximum absolute atomic E-state index is 12.8. The van der Waals surface area contributed by atoms with Crippen LogP contribution >= 0.6 is 11.6 Å². The predicted octanol–water partition coefficient (Wildman–Crippen LogP) is 4.23. The third kappa shape index (κ3) is 3.95. The van der Waals surface area contributed by atoms with Crippen molar-refractivity contribution in [1.29, 1.82) is 0 Å². The van der Waals surface area contributed by atoms with Gasteiger partial charge < -0.3 is 0 Å². The summed E-state index contributed by atoms with van der Waals surface area (Å²) in [4.78, 5) is 25.4. The van der Waals surface area contributed by atoms with E-state index in [1.54, 1.807) is 36.4 Å². The van der Waals surface area contributed by atoms with Gasteiger partial charge in [-0.05, 0) is 51.5 Å². The Balaban J connectivity index is 2.32. The van der Waals surface area contributed by atoms with Gasteiger partial charge in [0.1, 0.15) is 0 Å². The summed E-state index contributed by atoms with van der Waals surface area (Å²) >= 11 is 6.22. The molecule has 24 heavy (non-hydrogen) atoms. The molecular weight excluding hydrogens is 324 g/mol. The number of amides is 2. The molecule has 0 atom stereocenters. The number of carbonyl (C=O) groups excluding carboxylic acids is 2. The lowest BCUT2D eigenvalue weighted by Gasteiger charge is -2.35. The first-order valence-corrected chi connectivity index (χ1v) is 8.05. The van der Waals surface area contributed by atoms with E-state index in [-0.39, 0.29) is 5.91 Å². The Morgan fingerprint density at radius 2 is 1.62 bits per heavy atom. The van der Waals surface area contributed by atoms with Crippen LogP contribution in [-0.4, -0.2) is 22.4 Å². The summed E-state index contributed by atoms with van der Waals surface area (Å²) in [5.74, 6) is -0.692. The molecular formula is C19H21ClN2O2. The van der Waals surface area contributed by atoms with Gasteiger partial charge in [-0.2, -0.15) is 0 Å². The van der Waals surface area contributed by atoms with E-state index in [0.29, 0.717) is 16.1 Å². The molecule has 0 aliphatic carbocycles. The first-order chi connectivity index (χ1) is 11.2. The van der Waals surface area contributed by atoms with Gasteiger partial charge >= 0.3 is 0 Å². The molecule has 0 aliphatic heterocycles. The molecule has 0 unspecified atom stereocenters. The lowest BCUT2D eigenvalue weighted by Crippen LogP contribution is -2.55. The zero-order valence-corrected chi connectivity index (χ0v) is 15.0. The Hall–Kier alpha value is -2.33. The fraction of sp³-hybridized carbons (Fsp3) is 0.263. The molecule has 4 nitrogen and oxygen atoms in total. The maximum atomic E-state index is 12.8. The number of benzene rings is 2. The van der Waals surface area contributed by atoms with E-state index in [1.165, 1.54) is 5.01 Å². The van der Waals surface area contributed by atoms with Crippen molar-refractivity contribution in [2.75, 3.05) is 0 Å². The molecule has 0 aliphatic rings. The minimum absolute atomic E-state index is 0.278. The highest BCUT2D eigenvalue weighted by Crippen LogP contribution is 2.21. The molecule has 1 N–H and O–H groups in total. The highest BCUT2D eigenvalue weighted by Gasteiger charge is 2.30. The largest absolute Gasteiger partial charge is 0.272 e. The number of hydrazine groups is 1. The summed E-state index contributed by atoms with van der Waals surface area (Å²) in [6.45, 7) is 7.39. The van der Waals surface area contributed by atoms with Crippen LogP contribution in [0.25, 0.3) is 0 Å². The van der Waals surface area contributed by atoms with Gasteiger partial charge in [0.05, 0.1) is 16.1 Å². The lowest BCUT2D eigenvalue weighted by molar-refractivity contribution is 0.0358. The number of rotatable bonds is 2. The Bertz CT molecular complexity index is 752. The second-order valence-electron chi connectivity index (χ2n) is 6.55. The average Bonchev–Trinajstić information content (AvgIpc) is 2.54. The van der Waals surface area contributed by atoms with Crippen LogP contribution < -0.4 is 5.43 Å². The number of nitrogens with zero attached hydrogens (tertiary/aromatic N) is 1. The molecule has 0 fully saturated rings. The molecule has 5 heteroatoms. The fourth-order valence-corrected chi connectivity index (χ4v) is 2.43. The summed E-state index contributed by atoms with van der Waals surface area (Å²) in [7, 11) is 0. The lowest BCUT2D eigenvalue weighted by atomic mass is 10.1. The number of nitrogens with one attached hydrogen (secondary N) is 1. The zero-order chi connectivity index (χ0) is 17.9. The summed E-state index contributed by atoms with van der Waals surface area (Å²) in [5.41, 5.74) is 3.75. The standard InChI is InChI=1S/C19H21ClN2O2/c1-13-9-8-12-15(16(13)20)17(23)21-22(19(2,3)4)18(24)14-10-6-5-7-11-14/h5-12H,1-4H3,(H,21,23). The number of hydrogen-bond donors (Lipinski definition) is 1. The molecule has 0 bridgehead atoms. The van der Waals surface area contributed by atoms with Gasteiger partial charge in [0.15, 0.2) is 0 Å². The van der Waals surface area contributed by atoms with Gasteiger partial charge in [-0.1, -0.05) is 41.9 Å². The number of aryl methyl sites for hydroxylation is 1. The molecule has 2 aromatic rings. The highest BCUT2D eigenvalue weighted by atomic mass is 35.5. The average molecular weight is 345 g/mol. The summed E-state index contributed by atoms with van der Waals surface area (Å²) in [6.07, 6.45) is 0. The van der Waals surface area contributed by atoms with Crippen LogP contribution in [0.1, 0.15) is 47.1 Å². The Kier molecular flexibility index (Phi) is 5.30. The normalized spacial score (nSPS) is 11.0. The first-order valence-electron chi connectivity index (χ1n) is 7.67. The molecule has 0 radical (unpaired) electrons. The third-order valence-electron chi connectivity index (χ3n) is 3.54. The van der Waals surface area contributed by atoms with E-state index >= 15 is 0 Å². The Labute approximate surface area is 147 Å². The van der Waals surface area contributed by atoms with Crippen LogP contribution in [0, 0.1) is 6.92 Å². The SMILES string of the molecule is Cc1cccc(C(=O)NN(C(=O)c2ccccc2)C(C)(C)C)c1Cl. The molecule has 0 saturated heterocycles. The topological polar surface area (TPSA) is 49.4 Å². The van der Waals surface area contributed by atoms with Crippen LogP contribution in [-0.2, 0) is 0 Å². The molecule has 0 heterocycles. The van der Waals surface area contributed by atoms with E-state index in [2.05, 4.69) is 5.43 Å². The van der Waals surface area contributed by atoms with Gasteiger partial charge in [-0.25, -0.2) is 5.01 Å². The van der Waals surface area contributed by atoms with Crippen molar-refractivity contribution in [1.82, 2.24) is 10.4 Å². The van der Waals surface area contributed by atoms with Gasteiger partial charge in [-0.3, -0.25) is 15.0 Å². The summed E-state index contributed by atoms with van der Waals surface area (Å²) in [5, 5.41) is 1.72. The van der Waals surface area contributed by atoms with Crippen molar-refractivity contribution in [2.24, 2.45) is 0 Å². The van der Waals surface area contributed by atoms with E-state index in [0.717, 1.165) is 5.56 Å². The van der Waals surface area contributed by atoms with Gasteiger partial charge in [0, 0.05) is 5.56 Å². The highest BCUT2D eigenvalue weighted by molar-refractivity contribution is 6.34.